The first-order valence-corrected chi connectivity index (χ1v) is 3.93. The molecule has 0 radical (unpaired) electrons. The van der Waals surface area contributed by atoms with E-state index in [2.05, 4.69) is 9.90 Å². The van der Waals surface area contributed by atoms with E-state index in [-0.39, 0.29) is 0 Å². The van der Waals surface area contributed by atoms with Crippen LogP contribution in [0.1, 0.15) is 0 Å². The zero-order valence-corrected chi connectivity index (χ0v) is 6.38. The van der Waals surface area contributed by atoms with Gasteiger partial charge in [-0.25, -0.2) is 0 Å². The van der Waals surface area contributed by atoms with E-state index in [9.17, 15) is 8.42 Å². The molecule has 0 unspecified atom stereocenters. The van der Waals surface area contributed by atoms with Gasteiger partial charge in [0, 0.05) is 0 Å². The van der Waals surface area contributed by atoms with E-state index in [0.29, 0.717) is 5.69 Å². The molecule has 0 spiro atoms. The van der Waals surface area contributed by atoms with Gasteiger partial charge in [-0.2, -0.15) is 8.42 Å². The molecule has 1 N–H and O–H groups in total. The van der Waals surface area contributed by atoms with E-state index in [1.54, 1.807) is 24.3 Å². The van der Waals surface area contributed by atoms with Crippen LogP contribution in [0.3, 0.4) is 0 Å². The standard InChI is InChI=1S/C6H6N2O2S/c9-11(10)8-7-6-4-2-1-3-5-6/h1-5,7H. The van der Waals surface area contributed by atoms with E-state index in [0.717, 1.165) is 0 Å². The number of anilines is 1. The summed E-state index contributed by atoms with van der Waals surface area (Å²) in [5, 5.41) is 0. The highest BCUT2D eigenvalue weighted by atomic mass is 32.2. The monoisotopic (exact) mass is 170 g/mol. The number of nitrogens with zero attached hydrogens (tertiary/aromatic N) is 1. The average Bonchev–Trinajstić information content (AvgIpc) is 2.03. The van der Waals surface area contributed by atoms with Crippen LogP contribution in [0.2, 0.25) is 0 Å². The quantitative estimate of drug-likeness (QED) is 0.675. The predicted molar refractivity (Wildman–Crippen MR) is 41.4 cm³/mol. The molecule has 0 saturated heterocycles. The maximum atomic E-state index is 9.94. The van der Waals surface area contributed by atoms with E-state index in [1.165, 1.54) is 0 Å². The van der Waals surface area contributed by atoms with Gasteiger partial charge in [-0.15, -0.1) is 0 Å². The smallest absolute Gasteiger partial charge is 0.263 e. The summed E-state index contributed by atoms with van der Waals surface area (Å²) < 4.78 is 22.9. The molecule has 0 aliphatic heterocycles. The van der Waals surface area contributed by atoms with Gasteiger partial charge in [-0.05, 0) is 12.1 Å². The molecular weight excluding hydrogens is 164 g/mol. The summed E-state index contributed by atoms with van der Waals surface area (Å²) in [6.07, 6.45) is 0. The second-order valence-electron chi connectivity index (χ2n) is 1.79. The van der Waals surface area contributed by atoms with Gasteiger partial charge >= 0.3 is 10.5 Å². The fraction of sp³-hybridized carbons (Fsp3) is 0. The number of para-hydroxylation sites is 1. The first-order valence-electron chi connectivity index (χ1n) is 2.90. The Morgan fingerprint density at radius 1 is 1.18 bits per heavy atom. The molecule has 1 aromatic carbocycles. The van der Waals surface area contributed by atoms with Crippen molar-refractivity contribution in [3.63, 3.8) is 0 Å². The minimum absolute atomic E-state index is 0.650. The Balaban J connectivity index is 2.74. The predicted octanol–water partition coefficient (Wildman–Crippen LogP) is 1.08. The van der Waals surface area contributed by atoms with Crippen molar-refractivity contribution in [2.45, 2.75) is 0 Å². The molecule has 0 saturated carbocycles. The molecule has 0 amide bonds. The molecule has 5 heteroatoms. The van der Waals surface area contributed by atoms with Crippen molar-refractivity contribution in [1.82, 2.24) is 0 Å². The van der Waals surface area contributed by atoms with Crippen LogP contribution in [0.4, 0.5) is 5.69 Å². The Morgan fingerprint density at radius 3 is 2.36 bits per heavy atom. The normalized spacial score (nSPS) is 8.73. The van der Waals surface area contributed by atoms with Crippen LogP contribution in [-0.4, -0.2) is 8.42 Å². The molecule has 1 aromatic rings. The van der Waals surface area contributed by atoms with Crippen molar-refractivity contribution in [1.29, 1.82) is 0 Å². The fourth-order valence-corrected chi connectivity index (χ4v) is 0.783. The lowest BCUT2D eigenvalue weighted by molar-refractivity contribution is 0.621. The van der Waals surface area contributed by atoms with Gasteiger partial charge < -0.3 is 0 Å². The Morgan fingerprint density at radius 2 is 1.82 bits per heavy atom. The van der Waals surface area contributed by atoms with E-state index >= 15 is 0 Å². The molecule has 11 heavy (non-hydrogen) atoms. The van der Waals surface area contributed by atoms with Crippen molar-refractivity contribution < 1.29 is 8.42 Å². The van der Waals surface area contributed by atoms with Crippen LogP contribution in [0, 0.1) is 0 Å². The SMILES string of the molecule is O=S(=O)=NNc1ccccc1. The zero-order chi connectivity index (χ0) is 8.10. The van der Waals surface area contributed by atoms with Crippen LogP contribution in [-0.2, 0) is 10.5 Å². The van der Waals surface area contributed by atoms with Crippen LogP contribution in [0.25, 0.3) is 0 Å². The highest BCUT2D eigenvalue weighted by Crippen LogP contribution is 2.03. The maximum Gasteiger partial charge on any atom is 0.332 e. The summed E-state index contributed by atoms with van der Waals surface area (Å²) >= 11 is 0. The topological polar surface area (TPSA) is 58.5 Å². The third-order valence-electron chi connectivity index (χ3n) is 1.02. The lowest BCUT2D eigenvalue weighted by atomic mass is 10.3. The summed E-state index contributed by atoms with van der Waals surface area (Å²) in [7, 11) is -2.40. The number of nitrogens with one attached hydrogen (secondary N) is 1. The van der Waals surface area contributed by atoms with Crippen LogP contribution >= 0.6 is 0 Å². The number of benzene rings is 1. The maximum absolute atomic E-state index is 9.94. The van der Waals surface area contributed by atoms with Crippen molar-refractivity contribution in [2.75, 3.05) is 5.43 Å². The van der Waals surface area contributed by atoms with E-state index in [4.69, 9.17) is 0 Å². The van der Waals surface area contributed by atoms with Gasteiger partial charge in [0.25, 0.3) is 0 Å². The van der Waals surface area contributed by atoms with Crippen molar-refractivity contribution in [2.24, 2.45) is 4.47 Å². The summed E-state index contributed by atoms with van der Waals surface area (Å²) in [4.78, 5) is 0. The first kappa shape index (κ1) is 7.74. The third-order valence-corrected chi connectivity index (χ3v) is 1.26. The molecular formula is C6H6N2O2S. The third kappa shape index (κ3) is 2.81. The number of hydrogen-bond donors (Lipinski definition) is 1. The molecule has 0 heterocycles. The highest BCUT2D eigenvalue weighted by molar-refractivity contribution is 7.61. The Bertz CT molecular complexity index is 336. The lowest BCUT2D eigenvalue weighted by Crippen LogP contribution is -1.84. The van der Waals surface area contributed by atoms with Crippen LogP contribution < -0.4 is 5.43 Å². The fourth-order valence-electron chi connectivity index (χ4n) is 0.603. The second kappa shape index (κ2) is 3.72. The highest BCUT2D eigenvalue weighted by Gasteiger charge is 1.83. The van der Waals surface area contributed by atoms with Crippen molar-refractivity contribution >= 4 is 16.2 Å². The molecule has 0 bridgehead atoms. The zero-order valence-electron chi connectivity index (χ0n) is 5.56. The summed E-state index contributed by atoms with van der Waals surface area (Å²) in [6.45, 7) is 0. The van der Waals surface area contributed by atoms with Gasteiger partial charge in [0.15, 0.2) is 0 Å². The molecule has 0 fully saturated rings. The summed E-state index contributed by atoms with van der Waals surface area (Å²) in [5.74, 6) is 0. The van der Waals surface area contributed by atoms with Crippen molar-refractivity contribution in [3.05, 3.63) is 30.3 Å². The minimum atomic E-state index is -2.40. The lowest BCUT2D eigenvalue weighted by Gasteiger charge is -1.93. The summed E-state index contributed by atoms with van der Waals surface area (Å²) in [6, 6.07) is 8.84. The van der Waals surface area contributed by atoms with Crippen LogP contribution in [0.15, 0.2) is 34.8 Å². The van der Waals surface area contributed by atoms with Gasteiger partial charge in [0.05, 0.1) is 5.69 Å². The molecule has 0 atom stereocenters. The Hall–Kier alpha value is -1.36. The summed E-state index contributed by atoms with van der Waals surface area (Å²) in [5.41, 5.74) is 3.01. The first-order chi connectivity index (χ1) is 5.29. The van der Waals surface area contributed by atoms with E-state index in [1.807, 2.05) is 6.07 Å². The van der Waals surface area contributed by atoms with Gasteiger partial charge in [0.2, 0.25) is 0 Å². The van der Waals surface area contributed by atoms with Gasteiger partial charge in [-0.3, -0.25) is 5.43 Å². The van der Waals surface area contributed by atoms with Gasteiger partial charge in [-0.1, -0.05) is 22.7 Å². The van der Waals surface area contributed by atoms with E-state index < -0.39 is 10.5 Å². The largest absolute Gasteiger partial charge is 0.332 e. The molecule has 4 nitrogen and oxygen atoms in total. The second-order valence-corrected chi connectivity index (χ2v) is 2.40. The average molecular weight is 170 g/mol. The van der Waals surface area contributed by atoms with Gasteiger partial charge in [0.1, 0.15) is 0 Å². The molecule has 0 aliphatic carbocycles. The minimum Gasteiger partial charge on any atom is -0.263 e. The Labute approximate surface area is 65.5 Å². The Kier molecular flexibility index (Phi) is 2.62. The number of hydrogen-bond acceptors (Lipinski definition) is 3. The molecule has 58 valence electrons. The molecule has 1 rings (SSSR count). The van der Waals surface area contributed by atoms with Crippen molar-refractivity contribution in [3.8, 4) is 0 Å². The molecule has 0 aliphatic rings. The van der Waals surface area contributed by atoms with Crippen LogP contribution in [0.5, 0.6) is 0 Å². The number of rotatable bonds is 2. The molecule has 0 aromatic heterocycles.